The fourth-order valence-electron chi connectivity index (χ4n) is 2.56. The van der Waals surface area contributed by atoms with E-state index in [1.165, 1.54) is 9.80 Å². The highest BCUT2D eigenvalue weighted by molar-refractivity contribution is 8.23. The monoisotopic (exact) mass is 338 g/mol. The molecule has 3 rings (SSSR count). The molecule has 0 aliphatic carbocycles. The summed E-state index contributed by atoms with van der Waals surface area (Å²) in [5.41, 5.74) is 1.15. The Morgan fingerprint density at radius 1 is 1.29 bits per heavy atom. The number of carbonyl (C=O) groups is 1. The van der Waals surface area contributed by atoms with E-state index in [1.54, 1.807) is 6.20 Å². The molecule has 1 aromatic heterocycles. The summed E-state index contributed by atoms with van der Waals surface area (Å²) in [7, 11) is -0.549. The number of nitrogens with zero attached hydrogens (tertiary/aromatic N) is 1. The molecule has 1 atom stereocenters. The number of amides is 1. The lowest BCUT2D eigenvalue weighted by Crippen LogP contribution is -2.27. The molecule has 2 heterocycles. The molecule has 4 heteroatoms. The second kappa shape index (κ2) is 6.29. The predicted octanol–water partition coefficient (Wildman–Crippen LogP) is 5.18. The summed E-state index contributed by atoms with van der Waals surface area (Å²) in [5, 5.41) is 6.32. The molecule has 1 aliphatic heterocycles. The predicted molar refractivity (Wildman–Crippen MR) is 104 cm³/mol. The number of allylic oxidation sites excluding steroid dienone is 3. The van der Waals surface area contributed by atoms with Crippen molar-refractivity contribution in [3.63, 3.8) is 0 Å². The van der Waals surface area contributed by atoms with Crippen LogP contribution < -0.4 is 5.32 Å². The minimum Gasteiger partial charge on any atom is -0.324 e. The van der Waals surface area contributed by atoms with Crippen LogP contribution in [-0.2, 0) is 4.79 Å². The molecule has 24 heavy (non-hydrogen) atoms. The molecule has 1 unspecified atom stereocenters. The topological polar surface area (TPSA) is 42.0 Å². The number of thiol groups is 1. The van der Waals surface area contributed by atoms with Crippen molar-refractivity contribution in [1.82, 2.24) is 4.98 Å². The zero-order valence-corrected chi connectivity index (χ0v) is 15.1. The van der Waals surface area contributed by atoms with E-state index in [4.69, 9.17) is 0 Å². The van der Waals surface area contributed by atoms with Gasteiger partial charge in [0.2, 0.25) is 5.91 Å². The van der Waals surface area contributed by atoms with E-state index >= 15 is 0 Å². The molecule has 0 spiro atoms. The molecule has 1 aromatic carbocycles. The van der Waals surface area contributed by atoms with Gasteiger partial charge in [0.05, 0.1) is 11.2 Å². The Labute approximate surface area is 145 Å². The van der Waals surface area contributed by atoms with Gasteiger partial charge in [-0.05, 0) is 34.6 Å². The van der Waals surface area contributed by atoms with Crippen LogP contribution in [0.25, 0.3) is 10.9 Å². The number of hydrogen-bond donors (Lipinski definition) is 2. The van der Waals surface area contributed by atoms with Crippen molar-refractivity contribution in [3.05, 3.63) is 65.6 Å². The van der Waals surface area contributed by atoms with Gasteiger partial charge in [-0.15, -0.1) is 0 Å². The van der Waals surface area contributed by atoms with E-state index in [2.05, 4.69) is 46.6 Å². The molecule has 0 saturated heterocycles. The van der Waals surface area contributed by atoms with E-state index in [0.29, 0.717) is 0 Å². The highest BCUT2D eigenvalue weighted by atomic mass is 32.2. The van der Waals surface area contributed by atoms with Crippen molar-refractivity contribution in [2.24, 2.45) is 5.41 Å². The third kappa shape index (κ3) is 3.02. The maximum Gasteiger partial charge on any atom is 0.229 e. The van der Waals surface area contributed by atoms with Gasteiger partial charge in [-0.25, -0.2) is 0 Å². The number of hydrogen-bond acceptors (Lipinski definition) is 2. The van der Waals surface area contributed by atoms with E-state index in [9.17, 15) is 4.79 Å². The summed E-state index contributed by atoms with van der Waals surface area (Å²) in [6, 6.07) is 8.07. The molecule has 3 nitrogen and oxygen atoms in total. The van der Waals surface area contributed by atoms with Gasteiger partial charge in [0.1, 0.15) is 0 Å². The van der Waals surface area contributed by atoms with Crippen LogP contribution in [-0.4, -0.2) is 10.9 Å². The smallest absolute Gasteiger partial charge is 0.229 e. The zero-order valence-electron chi connectivity index (χ0n) is 14.2. The minimum absolute atomic E-state index is 0.0136. The molecule has 2 aromatic rings. The maximum atomic E-state index is 12.3. The molecule has 1 amide bonds. The summed E-state index contributed by atoms with van der Waals surface area (Å²) < 4.78 is 0. The van der Waals surface area contributed by atoms with Gasteiger partial charge in [0, 0.05) is 21.9 Å². The van der Waals surface area contributed by atoms with Crippen molar-refractivity contribution in [3.8, 4) is 0 Å². The second-order valence-corrected chi connectivity index (χ2v) is 8.78. The first-order valence-electron chi connectivity index (χ1n) is 7.91. The van der Waals surface area contributed by atoms with Gasteiger partial charge < -0.3 is 5.32 Å². The van der Waals surface area contributed by atoms with Gasteiger partial charge in [0.15, 0.2) is 0 Å². The van der Waals surface area contributed by atoms with Crippen LogP contribution in [0.15, 0.2) is 70.5 Å². The Morgan fingerprint density at radius 2 is 2.08 bits per heavy atom. The highest BCUT2D eigenvalue weighted by Crippen LogP contribution is 2.51. The Morgan fingerprint density at radius 3 is 2.79 bits per heavy atom. The first kappa shape index (κ1) is 16.5. The lowest BCUT2D eigenvalue weighted by molar-refractivity contribution is -0.123. The second-order valence-electron chi connectivity index (χ2n) is 6.74. The van der Waals surface area contributed by atoms with Crippen molar-refractivity contribution < 1.29 is 4.79 Å². The lowest BCUT2D eigenvalue weighted by Gasteiger charge is -2.21. The first-order chi connectivity index (χ1) is 11.4. The summed E-state index contributed by atoms with van der Waals surface area (Å²) >= 11 is 0. The van der Waals surface area contributed by atoms with Crippen molar-refractivity contribution >= 4 is 33.4 Å². The van der Waals surface area contributed by atoms with Gasteiger partial charge >= 0.3 is 0 Å². The molecule has 0 bridgehead atoms. The number of carbonyl (C=O) groups excluding carboxylic acids is 1. The maximum absolute atomic E-state index is 12.3. The van der Waals surface area contributed by atoms with Crippen molar-refractivity contribution in [2.45, 2.75) is 25.7 Å². The molecular weight excluding hydrogens is 316 g/mol. The Bertz CT molecular complexity index is 875. The Balaban J connectivity index is 2.09. The molecule has 124 valence electrons. The first-order valence-corrected chi connectivity index (χ1v) is 9.32. The highest BCUT2D eigenvalue weighted by Gasteiger charge is 2.23. The molecule has 0 radical (unpaired) electrons. The third-order valence-electron chi connectivity index (χ3n) is 3.93. The van der Waals surface area contributed by atoms with Crippen LogP contribution in [0.1, 0.15) is 20.8 Å². The molecule has 1 aliphatic rings. The van der Waals surface area contributed by atoms with E-state index in [1.807, 2.05) is 39.0 Å². The van der Waals surface area contributed by atoms with Gasteiger partial charge in [-0.2, -0.15) is 10.9 Å². The average Bonchev–Trinajstić information content (AvgIpc) is 3.02. The number of nitrogens with one attached hydrogen (secondary N) is 1. The van der Waals surface area contributed by atoms with Gasteiger partial charge in [-0.1, -0.05) is 45.6 Å². The van der Waals surface area contributed by atoms with Crippen LogP contribution in [0.5, 0.6) is 0 Å². The minimum atomic E-state index is -0.549. The molecule has 0 saturated carbocycles. The average molecular weight is 338 g/mol. The number of aromatic nitrogens is 1. The SMILES string of the molecule is C=CC1=CC=C[SH]1c1ccc(NC(=O)C(C)(C)C)c2ncccc12. The Kier molecular flexibility index (Phi) is 4.33. The molecule has 1 N–H and O–H groups in total. The van der Waals surface area contributed by atoms with Crippen molar-refractivity contribution in [2.75, 3.05) is 5.32 Å². The van der Waals surface area contributed by atoms with Gasteiger partial charge in [-0.3, -0.25) is 9.78 Å². The normalized spacial score (nSPS) is 18.5. The number of anilines is 1. The standard InChI is InChI=1S/C20H22N2OS/c1-5-14-8-7-13-24(14)17-11-10-16(22-19(23)20(2,3)4)18-15(17)9-6-12-21-18/h5-13,24H,1H2,2-4H3,(H,22,23). The fraction of sp³-hybridized carbons (Fsp3) is 0.200. The quantitative estimate of drug-likeness (QED) is 0.758. The summed E-state index contributed by atoms with van der Waals surface area (Å²) in [5.74, 6) is -0.0136. The van der Waals surface area contributed by atoms with Crippen LogP contribution in [0.4, 0.5) is 5.69 Å². The fourth-order valence-corrected chi connectivity index (χ4v) is 4.55. The zero-order chi connectivity index (χ0) is 17.3. The van der Waals surface area contributed by atoms with Crippen molar-refractivity contribution in [1.29, 1.82) is 0 Å². The number of rotatable bonds is 3. The molecule has 0 fully saturated rings. The molecular formula is C20H22N2OS. The third-order valence-corrected chi connectivity index (χ3v) is 6.19. The summed E-state index contributed by atoms with van der Waals surface area (Å²) in [6.45, 7) is 9.63. The summed E-state index contributed by atoms with van der Waals surface area (Å²) in [4.78, 5) is 19.3. The van der Waals surface area contributed by atoms with E-state index < -0.39 is 16.3 Å². The largest absolute Gasteiger partial charge is 0.324 e. The van der Waals surface area contributed by atoms with E-state index in [-0.39, 0.29) is 5.91 Å². The Hall–Kier alpha value is -2.33. The van der Waals surface area contributed by atoms with Gasteiger partial charge in [0.25, 0.3) is 0 Å². The summed E-state index contributed by atoms with van der Waals surface area (Å²) in [6.07, 6.45) is 7.88. The number of pyridine rings is 1. The van der Waals surface area contributed by atoms with Crippen LogP contribution in [0.2, 0.25) is 0 Å². The van der Waals surface area contributed by atoms with Crippen LogP contribution in [0, 0.1) is 5.41 Å². The van der Waals surface area contributed by atoms with Crippen LogP contribution >= 0.6 is 10.9 Å². The number of fused-ring (bicyclic) bond motifs is 1. The van der Waals surface area contributed by atoms with Crippen LogP contribution in [0.3, 0.4) is 0 Å². The number of benzene rings is 1. The lowest BCUT2D eigenvalue weighted by atomic mass is 9.95. The van der Waals surface area contributed by atoms with E-state index in [0.717, 1.165) is 16.6 Å².